The van der Waals surface area contributed by atoms with Crippen LogP contribution >= 0.6 is 0 Å². The van der Waals surface area contributed by atoms with E-state index in [9.17, 15) is 15.0 Å². The molecule has 0 aliphatic rings. The molecule has 2 atom stereocenters. The summed E-state index contributed by atoms with van der Waals surface area (Å²) in [5.74, 6) is -0.0394. The van der Waals surface area contributed by atoms with Crippen molar-refractivity contribution in [2.24, 2.45) is 0 Å². The van der Waals surface area contributed by atoms with Gasteiger partial charge in [0.05, 0.1) is 18.8 Å². The van der Waals surface area contributed by atoms with Gasteiger partial charge in [0.25, 0.3) is 0 Å². The van der Waals surface area contributed by atoms with E-state index in [-0.39, 0.29) is 12.5 Å². The van der Waals surface area contributed by atoms with Crippen molar-refractivity contribution in [2.45, 2.75) is 212 Å². The van der Waals surface area contributed by atoms with Gasteiger partial charge in [-0.2, -0.15) is 0 Å². The molecule has 0 bridgehead atoms. The lowest BCUT2D eigenvalue weighted by Crippen LogP contribution is -2.45. The number of amides is 1. The Morgan fingerprint density at radius 3 is 1.15 bits per heavy atom. The molecule has 4 heteroatoms. The van der Waals surface area contributed by atoms with Crippen LogP contribution in [0.5, 0.6) is 0 Å². The van der Waals surface area contributed by atoms with Crippen LogP contribution in [-0.2, 0) is 4.79 Å². The summed E-state index contributed by atoms with van der Waals surface area (Å²) in [6.45, 7) is 4.30. The quantitative estimate of drug-likeness (QED) is 0.0726. The molecular formula is C35H71NO3. The molecule has 0 spiro atoms. The monoisotopic (exact) mass is 554 g/mol. The van der Waals surface area contributed by atoms with Gasteiger partial charge in [-0.3, -0.25) is 4.79 Å². The van der Waals surface area contributed by atoms with E-state index in [0.717, 1.165) is 25.7 Å². The summed E-state index contributed by atoms with van der Waals surface area (Å²) >= 11 is 0. The number of carbonyl (C=O) groups excluding carboxylic acids is 1. The molecule has 39 heavy (non-hydrogen) atoms. The molecule has 2 unspecified atom stereocenters. The van der Waals surface area contributed by atoms with Crippen LogP contribution in [0.4, 0.5) is 0 Å². The van der Waals surface area contributed by atoms with Gasteiger partial charge in [0.15, 0.2) is 0 Å². The lowest BCUT2D eigenvalue weighted by atomic mass is 10.0. The number of carbonyl (C=O) groups is 1. The fraction of sp³-hybridized carbons (Fsp3) is 0.971. The van der Waals surface area contributed by atoms with E-state index in [1.165, 1.54) is 148 Å². The van der Waals surface area contributed by atoms with Crippen molar-refractivity contribution in [2.75, 3.05) is 6.61 Å². The molecule has 0 rings (SSSR count). The second-order valence-electron chi connectivity index (χ2n) is 12.3. The summed E-state index contributed by atoms with van der Waals surface area (Å²) in [6, 6.07) is -0.525. The fourth-order valence-corrected chi connectivity index (χ4v) is 5.59. The maximum atomic E-state index is 12.1. The van der Waals surface area contributed by atoms with Gasteiger partial charge in [0.1, 0.15) is 0 Å². The van der Waals surface area contributed by atoms with E-state index in [0.29, 0.717) is 12.8 Å². The predicted octanol–water partition coefficient (Wildman–Crippen LogP) is 10.2. The van der Waals surface area contributed by atoms with Crippen molar-refractivity contribution < 1.29 is 15.0 Å². The van der Waals surface area contributed by atoms with Gasteiger partial charge in [-0.1, -0.05) is 181 Å². The van der Waals surface area contributed by atoms with Crippen molar-refractivity contribution in [3.63, 3.8) is 0 Å². The summed E-state index contributed by atoms with van der Waals surface area (Å²) in [5, 5.41) is 22.9. The first-order valence-corrected chi connectivity index (χ1v) is 17.7. The number of nitrogens with one attached hydrogen (secondary N) is 1. The van der Waals surface area contributed by atoms with Gasteiger partial charge in [0.2, 0.25) is 5.91 Å². The zero-order valence-electron chi connectivity index (χ0n) is 26.7. The molecule has 0 aliphatic heterocycles. The Morgan fingerprint density at radius 2 is 0.821 bits per heavy atom. The van der Waals surface area contributed by atoms with Gasteiger partial charge in [-0.25, -0.2) is 0 Å². The van der Waals surface area contributed by atoms with E-state index in [1.54, 1.807) is 0 Å². The highest BCUT2D eigenvalue weighted by Gasteiger charge is 2.19. The predicted molar refractivity (Wildman–Crippen MR) is 170 cm³/mol. The standard InChI is InChI=1S/C35H71NO3/c1-3-5-7-9-11-12-13-14-15-16-17-18-19-20-21-22-23-24-25-26-28-30-34(38)33(32-37)36-35(39)31-29-27-10-8-6-4-2/h33-34,37-38H,3-32H2,1-2H3,(H,36,39). The van der Waals surface area contributed by atoms with Crippen LogP contribution in [-0.4, -0.2) is 34.9 Å². The van der Waals surface area contributed by atoms with E-state index in [1.807, 2.05) is 0 Å². The van der Waals surface area contributed by atoms with Gasteiger partial charge >= 0.3 is 0 Å². The van der Waals surface area contributed by atoms with Crippen molar-refractivity contribution in [3.05, 3.63) is 0 Å². The Hall–Kier alpha value is -0.610. The van der Waals surface area contributed by atoms with Crippen LogP contribution < -0.4 is 5.32 Å². The molecule has 0 heterocycles. The molecule has 0 aromatic carbocycles. The Balaban J connectivity index is 3.42. The zero-order chi connectivity index (χ0) is 28.7. The Labute approximate surface area is 244 Å². The van der Waals surface area contributed by atoms with Crippen LogP contribution in [0.3, 0.4) is 0 Å². The van der Waals surface area contributed by atoms with E-state index in [2.05, 4.69) is 19.2 Å². The van der Waals surface area contributed by atoms with Crippen LogP contribution in [0.15, 0.2) is 0 Å². The normalized spacial score (nSPS) is 13.0. The second kappa shape index (κ2) is 31.9. The first-order chi connectivity index (χ1) is 19.2. The minimum atomic E-state index is -0.649. The summed E-state index contributed by atoms with van der Waals surface area (Å²) < 4.78 is 0. The Kier molecular flexibility index (Phi) is 31.4. The molecule has 0 radical (unpaired) electrons. The Bertz CT molecular complexity index is 485. The summed E-state index contributed by atoms with van der Waals surface area (Å²) in [6.07, 6.45) is 36.1. The molecular weight excluding hydrogens is 482 g/mol. The fourth-order valence-electron chi connectivity index (χ4n) is 5.59. The largest absolute Gasteiger partial charge is 0.394 e. The molecule has 0 fully saturated rings. The third kappa shape index (κ3) is 28.7. The lowest BCUT2D eigenvalue weighted by Gasteiger charge is -2.22. The topological polar surface area (TPSA) is 69.6 Å². The molecule has 0 saturated carbocycles. The molecule has 0 aliphatic carbocycles. The average Bonchev–Trinajstić information content (AvgIpc) is 2.94. The molecule has 0 saturated heterocycles. The van der Waals surface area contributed by atoms with Crippen molar-refractivity contribution in [3.8, 4) is 0 Å². The number of aliphatic hydroxyl groups excluding tert-OH is 2. The third-order valence-electron chi connectivity index (χ3n) is 8.37. The average molecular weight is 554 g/mol. The zero-order valence-corrected chi connectivity index (χ0v) is 26.7. The van der Waals surface area contributed by atoms with Gasteiger partial charge in [0, 0.05) is 6.42 Å². The van der Waals surface area contributed by atoms with Crippen molar-refractivity contribution >= 4 is 5.91 Å². The summed E-state index contributed by atoms with van der Waals surface area (Å²) in [4.78, 5) is 12.1. The first kappa shape index (κ1) is 38.4. The van der Waals surface area contributed by atoms with E-state index < -0.39 is 12.1 Å². The lowest BCUT2D eigenvalue weighted by molar-refractivity contribution is -0.123. The summed E-state index contributed by atoms with van der Waals surface area (Å²) in [7, 11) is 0. The first-order valence-electron chi connectivity index (χ1n) is 17.7. The van der Waals surface area contributed by atoms with Crippen LogP contribution in [0, 0.1) is 0 Å². The molecule has 1 amide bonds. The molecule has 3 N–H and O–H groups in total. The number of unbranched alkanes of at least 4 members (excludes halogenated alkanes) is 25. The highest BCUT2D eigenvalue weighted by atomic mass is 16.3. The van der Waals surface area contributed by atoms with Crippen molar-refractivity contribution in [1.29, 1.82) is 0 Å². The van der Waals surface area contributed by atoms with Crippen LogP contribution in [0.1, 0.15) is 200 Å². The minimum absolute atomic E-state index is 0.0394. The number of hydrogen-bond acceptors (Lipinski definition) is 3. The SMILES string of the molecule is CCCCCCCCCCCCCCCCCCCCCCCC(O)C(CO)NC(=O)CCCCCCCC. The van der Waals surface area contributed by atoms with E-state index >= 15 is 0 Å². The third-order valence-corrected chi connectivity index (χ3v) is 8.37. The van der Waals surface area contributed by atoms with Gasteiger partial charge < -0.3 is 15.5 Å². The smallest absolute Gasteiger partial charge is 0.220 e. The van der Waals surface area contributed by atoms with Gasteiger partial charge in [-0.05, 0) is 12.8 Å². The maximum absolute atomic E-state index is 12.1. The molecule has 234 valence electrons. The molecule has 4 nitrogen and oxygen atoms in total. The second-order valence-corrected chi connectivity index (χ2v) is 12.3. The number of rotatable bonds is 32. The minimum Gasteiger partial charge on any atom is -0.394 e. The van der Waals surface area contributed by atoms with Gasteiger partial charge in [-0.15, -0.1) is 0 Å². The summed E-state index contributed by atoms with van der Waals surface area (Å²) in [5.41, 5.74) is 0. The highest BCUT2D eigenvalue weighted by Crippen LogP contribution is 2.16. The Morgan fingerprint density at radius 1 is 0.513 bits per heavy atom. The number of hydrogen-bond donors (Lipinski definition) is 3. The highest BCUT2D eigenvalue weighted by molar-refractivity contribution is 5.76. The van der Waals surface area contributed by atoms with Crippen LogP contribution in [0.2, 0.25) is 0 Å². The number of aliphatic hydroxyl groups is 2. The van der Waals surface area contributed by atoms with Crippen LogP contribution in [0.25, 0.3) is 0 Å². The van der Waals surface area contributed by atoms with Crippen molar-refractivity contribution in [1.82, 2.24) is 5.32 Å². The molecule has 0 aromatic rings. The van der Waals surface area contributed by atoms with E-state index in [4.69, 9.17) is 0 Å². The maximum Gasteiger partial charge on any atom is 0.220 e. The molecule has 0 aromatic heterocycles.